The molecule has 146 valence electrons. The number of nitriles is 1. The summed E-state index contributed by atoms with van der Waals surface area (Å²) in [5.41, 5.74) is 2.21. The first-order valence-electron chi connectivity index (χ1n) is 11.0. The number of hydrogen-bond acceptors (Lipinski definition) is 2. The molecule has 0 atom stereocenters. The highest BCUT2D eigenvalue weighted by molar-refractivity contribution is 5.33. The molecule has 2 nitrogen and oxygen atoms in total. The molecule has 0 radical (unpaired) electrons. The molecular formula is C25H35NO. The zero-order chi connectivity index (χ0) is 18.9. The van der Waals surface area contributed by atoms with E-state index in [1.54, 1.807) is 0 Å². The Balaban J connectivity index is 1.38. The largest absolute Gasteiger partial charge is 0.377 e. The maximum absolute atomic E-state index is 8.96. The Morgan fingerprint density at radius 3 is 2.19 bits per heavy atom. The van der Waals surface area contributed by atoms with E-state index in [1.165, 1.54) is 56.9 Å². The second kappa shape index (κ2) is 10.7. The van der Waals surface area contributed by atoms with E-state index < -0.39 is 0 Å². The lowest BCUT2D eigenvalue weighted by Gasteiger charge is -2.37. The Morgan fingerprint density at radius 1 is 0.963 bits per heavy atom. The standard InChI is InChI=1S/C25H35NO/c1-2-17-27-18-3-4-20-5-9-22(10-6-20)24-13-15-25(16-14-24)23-11-7-21(19-26)8-12-23/h3-4,7-8,11-12,20,22,24-25H,2,5-6,9-10,13-18H2,1H3/b4-3+/t20-,22-,24?,25?. The second-order valence-electron chi connectivity index (χ2n) is 8.52. The van der Waals surface area contributed by atoms with Crippen molar-refractivity contribution in [2.45, 2.75) is 70.6 Å². The molecule has 2 fully saturated rings. The lowest BCUT2D eigenvalue weighted by molar-refractivity contribution is 0.160. The van der Waals surface area contributed by atoms with Crippen molar-refractivity contribution < 1.29 is 4.74 Å². The van der Waals surface area contributed by atoms with Crippen LogP contribution in [0, 0.1) is 29.1 Å². The zero-order valence-corrected chi connectivity index (χ0v) is 16.9. The number of ether oxygens (including phenoxy) is 1. The first kappa shape index (κ1) is 20.2. The van der Waals surface area contributed by atoms with E-state index >= 15 is 0 Å². The van der Waals surface area contributed by atoms with Gasteiger partial charge in [-0.25, -0.2) is 0 Å². The molecule has 0 saturated heterocycles. The highest BCUT2D eigenvalue weighted by atomic mass is 16.5. The van der Waals surface area contributed by atoms with E-state index in [1.807, 2.05) is 12.1 Å². The average molecular weight is 366 g/mol. The maximum atomic E-state index is 8.96. The molecule has 2 saturated carbocycles. The van der Waals surface area contributed by atoms with Crippen LogP contribution in [0.3, 0.4) is 0 Å². The van der Waals surface area contributed by atoms with Crippen LogP contribution in [-0.4, -0.2) is 13.2 Å². The average Bonchev–Trinajstić information content (AvgIpc) is 2.74. The van der Waals surface area contributed by atoms with Crippen molar-refractivity contribution in [3.8, 4) is 6.07 Å². The van der Waals surface area contributed by atoms with Crippen LogP contribution in [0.15, 0.2) is 36.4 Å². The minimum atomic E-state index is 0.705. The normalized spacial score (nSPS) is 28.9. The molecule has 2 aliphatic rings. The SMILES string of the molecule is CCCOC/C=C/[C@H]1CC[C@H](C2CCC(c3ccc(C#N)cc3)CC2)CC1. The quantitative estimate of drug-likeness (QED) is 0.402. The second-order valence-corrected chi connectivity index (χ2v) is 8.52. The minimum absolute atomic E-state index is 0.705. The van der Waals surface area contributed by atoms with Gasteiger partial charge in [-0.2, -0.15) is 5.26 Å². The predicted octanol–water partition coefficient (Wildman–Crippen LogP) is 6.62. The monoisotopic (exact) mass is 365 g/mol. The first-order valence-corrected chi connectivity index (χ1v) is 11.0. The molecule has 1 aromatic carbocycles. The third-order valence-corrected chi connectivity index (χ3v) is 6.74. The van der Waals surface area contributed by atoms with Crippen molar-refractivity contribution in [2.24, 2.45) is 17.8 Å². The first-order chi connectivity index (χ1) is 13.3. The molecular weight excluding hydrogens is 330 g/mol. The fraction of sp³-hybridized carbons (Fsp3) is 0.640. The number of nitrogens with zero attached hydrogens (tertiary/aromatic N) is 1. The molecule has 0 spiro atoms. The predicted molar refractivity (Wildman–Crippen MR) is 112 cm³/mol. The van der Waals surface area contributed by atoms with E-state index in [-0.39, 0.29) is 0 Å². The fourth-order valence-electron chi connectivity index (χ4n) is 5.11. The van der Waals surface area contributed by atoms with Crippen LogP contribution in [-0.2, 0) is 4.74 Å². The molecule has 0 amide bonds. The van der Waals surface area contributed by atoms with Crippen molar-refractivity contribution in [1.82, 2.24) is 0 Å². The van der Waals surface area contributed by atoms with Crippen molar-refractivity contribution in [3.05, 3.63) is 47.5 Å². The van der Waals surface area contributed by atoms with Gasteiger partial charge in [0.2, 0.25) is 0 Å². The minimum Gasteiger partial charge on any atom is -0.377 e. The highest BCUT2D eigenvalue weighted by Crippen LogP contribution is 2.44. The summed E-state index contributed by atoms with van der Waals surface area (Å²) in [6.45, 7) is 3.82. The number of hydrogen-bond donors (Lipinski definition) is 0. The van der Waals surface area contributed by atoms with Gasteiger partial charge in [0.15, 0.2) is 0 Å². The van der Waals surface area contributed by atoms with Gasteiger partial charge in [0.05, 0.1) is 18.2 Å². The molecule has 3 rings (SSSR count). The molecule has 0 N–H and O–H groups in total. The van der Waals surface area contributed by atoms with E-state index in [9.17, 15) is 0 Å². The van der Waals surface area contributed by atoms with Crippen molar-refractivity contribution in [2.75, 3.05) is 13.2 Å². The summed E-state index contributed by atoms with van der Waals surface area (Å²) in [6.07, 6.45) is 16.7. The lowest BCUT2D eigenvalue weighted by Crippen LogP contribution is -2.25. The van der Waals surface area contributed by atoms with Crippen molar-refractivity contribution in [1.29, 1.82) is 5.26 Å². The lowest BCUT2D eigenvalue weighted by atomic mass is 9.68. The van der Waals surface area contributed by atoms with Crippen LogP contribution < -0.4 is 0 Å². The summed E-state index contributed by atoms with van der Waals surface area (Å²) >= 11 is 0. The Bertz CT molecular complexity index is 611. The maximum Gasteiger partial charge on any atom is 0.0991 e. The highest BCUT2D eigenvalue weighted by Gasteiger charge is 2.30. The Hall–Kier alpha value is -1.59. The Morgan fingerprint density at radius 2 is 1.59 bits per heavy atom. The van der Waals surface area contributed by atoms with E-state index in [0.717, 1.165) is 43.0 Å². The summed E-state index contributed by atoms with van der Waals surface area (Å²) in [6, 6.07) is 10.5. The topological polar surface area (TPSA) is 33.0 Å². The van der Waals surface area contributed by atoms with Gasteiger partial charge >= 0.3 is 0 Å². The molecule has 1 aromatic rings. The summed E-state index contributed by atoms with van der Waals surface area (Å²) in [5.74, 6) is 3.38. The molecule has 0 unspecified atom stereocenters. The van der Waals surface area contributed by atoms with Gasteiger partial charge in [-0.05, 0) is 99.2 Å². The van der Waals surface area contributed by atoms with Gasteiger partial charge in [-0.15, -0.1) is 0 Å². The van der Waals surface area contributed by atoms with Crippen molar-refractivity contribution >= 4 is 0 Å². The number of benzene rings is 1. The van der Waals surface area contributed by atoms with Crippen LogP contribution in [0.25, 0.3) is 0 Å². The van der Waals surface area contributed by atoms with Crippen molar-refractivity contribution in [3.63, 3.8) is 0 Å². The summed E-state index contributed by atoms with van der Waals surface area (Å²) in [4.78, 5) is 0. The van der Waals surface area contributed by atoms with Crippen LogP contribution in [0.5, 0.6) is 0 Å². The molecule has 2 heteroatoms. The van der Waals surface area contributed by atoms with Gasteiger partial charge in [0, 0.05) is 6.61 Å². The zero-order valence-electron chi connectivity index (χ0n) is 16.9. The Kier molecular flexibility index (Phi) is 7.96. The molecule has 0 aromatic heterocycles. The van der Waals surface area contributed by atoms with E-state index in [2.05, 4.69) is 37.3 Å². The summed E-state index contributed by atoms with van der Waals surface area (Å²) in [7, 11) is 0. The van der Waals surface area contributed by atoms with Crippen LogP contribution >= 0.6 is 0 Å². The van der Waals surface area contributed by atoms with Crippen LogP contribution in [0.1, 0.15) is 81.8 Å². The third-order valence-electron chi connectivity index (χ3n) is 6.74. The molecule has 0 heterocycles. The molecule has 0 bridgehead atoms. The van der Waals surface area contributed by atoms with Gasteiger partial charge in [-0.3, -0.25) is 0 Å². The molecule has 2 aliphatic carbocycles. The van der Waals surface area contributed by atoms with Gasteiger partial charge in [0.1, 0.15) is 0 Å². The van der Waals surface area contributed by atoms with Crippen LogP contribution in [0.2, 0.25) is 0 Å². The van der Waals surface area contributed by atoms with E-state index in [4.69, 9.17) is 10.00 Å². The molecule has 27 heavy (non-hydrogen) atoms. The van der Waals surface area contributed by atoms with Crippen LogP contribution in [0.4, 0.5) is 0 Å². The number of allylic oxidation sites excluding steroid dienone is 1. The summed E-state index contributed by atoms with van der Waals surface area (Å²) in [5, 5.41) is 8.96. The third kappa shape index (κ3) is 5.94. The van der Waals surface area contributed by atoms with Gasteiger partial charge in [-0.1, -0.05) is 31.2 Å². The smallest absolute Gasteiger partial charge is 0.0991 e. The van der Waals surface area contributed by atoms with Gasteiger partial charge in [0.25, 0.3) is 0 Å². The summed E-state index contributed by atoms with van der Waals surface area (Å²) < 4.78 is 5.55. The Labute approximate surface area is 165 Å². The van der Waals surface area contributed by atoms with E-state index in [0.29, 0.717) is 5.92 Å². The fourth-order valence-corrected chi connectivity index (χ4v) is 5.11. The molecule has 0 aliphatic heterocycles. The number of rotatable bonds is 7. The van der Waals surface area contributed by atoms with Gasteiger partial charge < -0.3 is 4.74 Å².